The van der Waals surface area contributed by atoms with Crippen molar-refractivity contribution >= 4 is 55.2 Å². The van der Waals surface area contributed by atoms with Gasteiger partial charge >= 0.3 is 129 Å². The van der Waals surface area contributed by atoms with Crippen LogP contribution in [0, 0.1) is 0 Å². The van der Waals surface area contributed by atoms with E-state index in [4.69, 9.17) is 24.5 Å². The first-order valence-corrected chi connectivity index (χ1v) is 19.8. The van der Waals surface area contributed by atoms with Gasteiger partial charge in [0, 0.05) is 26.1 Å². The monoisotopic (exact) mass is 793 g/mol. The normalized spacial score (nSPS) is 13.5. The van der Waals surface area contributed by atoms with Crippen molar-refractivity contribution < 1.29 is 29.3 Å². The van der Waals surface area contributed by atoms with Crippen LogP contribution in [0.25, 0.3) is 0 Å². The molecule has 0 bridgehead atoms. The van der Waals surface area contributed by atoms with Crippen LogP contribution >= 0.6 is 0 Å². The predicted octanol–water partition coefficient (Wildman–Crippen LogP) is 4.99. The van der Waals surface area contributed by atoms with Gasteiger partial charge in [-0.25, -0.2) is 4.79 Å². The van der Waals surface area contributed by atoms with E-state index in [1.807, 2.05) is 25.1 Å². The molecule has 4 aromatic carbocycles. The Balaban J connectivity index is 0.000000248. The van der Waals surface area contributed by atoms with E-state index in [1.165, 1.54) is 9.81 Å². The van der Waals surface area contributed by atoms with Crippen LogP contribution < -0.4 is 14.7 Å². The molecular formula is C36H42BiNO6. The number of ether oxygens (including phenoxy) is 1. The number of carboxylic acids is 2. The molecule has 44 heavy (non-hydrogen) atoms. The maximum atomic E-state index is 11.9. The van der Waals surface area contributed by atoms with Crippen LogP contribution in [0.1, 0.15) is 40.0 Å². The van der Waals surface area contributed by atoms with Crippen molar-refractivity contribution in [3.05, 3.63) is 121 Å². The van der Waals surface area contributed by atoms with E-state index in [1.54, 1.807) is 0 Å². The number of piperidine rings is 1. The molecule has 0 aromatic heterocycles. The minimum absolute atomic E-state index is 0.0870. The number of carboxylic acid groups (broad SMARTS) is 2. The van der Waals surface area contributed by atoms with Crippen molar-refractivity contribution in [2.24, 2.45) is 0 Å². The van der Waals surface area contributed by atoms with Gasteiger partial charge in [-0.1, -0.05) is 18.2 Å². The quantitative estimate of drug-likeness (QED) is 0.210. The van der Waals surface area contributed by atoms with E-state index in [0.717, 1.165) is 45.3 Å². The summed E-state index contributed by atoms with van der Waals surface area (Å²) in [6, 6.07) is 43.0. The summed E-state index contributed by atoms with van der Waals surface area (Å²) >= 11 is -2.06. The summed E-state index contributed by atoms with van der Waals surface area (Å²) in [5, 5.41) is 14.8. The molecule has 1 aliphatic rings. The molecule has 5 rings (SSSR count). The van der Waals surface area contributed by atoms with Gasteiger partial charge in [-0.2, -0.15) is 0 Å². The van der Waals surface area contributed by atoms with Gasteiger partial charge < -0.3 is 19.8 Å². The van der Waals surface area contributed by atoms with Gasteiger partial charge in [0.1, 0.15) is 6.04 Å². The van der Waals surface area contributed by atoms with Gasteiger partial charge in [-0.15, -0.1) is 0 Å². The molecule has 1 heterocycles. The number of hydrogen-bond acceptors (Lipinski definition) is 5. The van der Waals surface area contributed by atoms with Crippen LogP contribution in [0.2, 0.25) is 0 Å². The molecule has 8 heteroatoms. The third kappa shape index (κ3) is 13.5. The molecular weight excluding hydrogens is 751 g/mol. The van der Waals surface area contributed by atoms with Gasteiger partial charge in [0.15, 0.2) is 0 Å². The number of carbonyl (C=O) groups excluding carboxylic acids is 1. The first kappa shape index (κ1) is 36.2. The summed E-state index contributed by atoms with van der Waals surface area (Å²) in [5.41, 5.74) is 1.12. The van der Waals surface area contributed by atoms with E-state index in [9.17, 15) is 4.79 Å². The number of esters is 1. The number of hydrogen-bond donors (Lipinski definition) is 2. The minimum atomic E-state index is -2.06. The average molecular weight is 794 g/mol. The Kier molecular flexibility index (Phi) is 17.1. The molecule has 0 saturated carbocycles. The van der Waals surface area contributed by atoms with Gasteiger partial charge in [0.2, 0.25) is 0 Å². The maximum absolute atomic E-state index is 11.9. The summed E-state index contributed by atoms with van der Waals surface area (Å²) in [6.07, 6.45) is 3.14. The zero-order chi connectivity index (χ0) is 32.2. The summed E-state index contributed by atoms with van der Waals surface area (Å²) < 4.78 is 9.76. The zero-order valence-electron chi connectivity index (χ0n) is 25.6. The summed E-state index contributed by atoms with van der Waals surface area (Å²) in [5.74, 6) is -1.75. The van der Waals surface area contributed by atoms with Crippen LogP contribution in [-0.2, 0) is 19.1 Å². The van der Waals surface area contributed by atoms with Gasteiger partial charge in [-0.3, -0.25) is 9.59 Å². The fourth-order valence-electron chi connectivity index (χ4n) is 4.52. The van der Waals surface area contributed by atoms with E-state index >= 15 is 0 Å². The molecule has 0 radical (unpaired) electrons. The van der Waals surface area contributed by atoms with E-state index in [0.29, 0.717) is 6.61 Å². The van der Waals surface area contributed by atoms with Gasteiger partial charge in [0.25, 0.3) is 11.9 Å². The zero-order valence-corrected chi connectivity index (χ0v) is 29.1. The van der Waals surface area contributed by atoms with E-state index in [2.05, 4.69) is 108 Å². The first-order valence-electron chi connectivity index (χ1n) is 14.6. The molecule has 1 unspecified atom stereocenters. The number of rotatable bonds is 6. The SMILES string of the molecule is CC(=O)O.CC(=O)O.CCOC(=O)C1CCCCN1c1ccccc1.c1cc[c]([Bi]([c]2ccccc2)[c]2ccccc2)cc1. The van der Waals surface area contributed by atoms with Crippen LogP contribution in [0.15, 0.2) is 121 Å². The van der Waals surface area contributed by atoms with Crippen molar-refractivity contribution in [2.75, 3.05) is 18.1 Å². The Morgan fingerprint density at radius 1 is 0.682 bits per heavy atom. The Morgan fingerprint density at radius 3 is 1.41 bits per heavy atom. The second kappa shape index (κ2) is 20.8. The summed E-state index contributed by atoms with van der Waals surface area (Å²) in [4.78, 5) is 32.1. The van der Waals surface area contributed by atoms with Crippen LogP contribution in [-0.4, -0.2) is 69.1 Å². The molecule has 1 fully saturated rings. The number of benzene rings is 4. The molecule has 0 amide bonds. The first-order chi connectivity index (χ1) is 21.2. The Morgan fingerprint density at radius 2 is 1.05 bits per heavy atom. The van der Waals surface area contributed by atoms with E-state index in [-0.39, 0.29) is 12.0 Å². The summed E-state index contributed by atoms with van der Waals surface area (Å²) in [6.45, 7) is 5.42. The second-order valence-corrected chi connectivity index (χ2v) is 18.3. The number of para-hydroxylation sites is 1. The van der Waals surface area contributed by atoms with E-state index < -0.39 is 33.7 Å². The van der Waals surface area contributed by atoms with Crippen molar-refractivity contribution in [1.82, 2.24) is 0 Å². The fraction of sp³-hybridized carbons (Fsp3) is 0.250. The Hall–Kier alpha value is -4.03. The second-order valence-electron chi connectivity index (χ2n) is 9.67. The summed E-state index contributed by atoms with van der Waals surface area (Å²) in [7, 11) is 0. The van der Waals surface area contributed by atoms with Crippen LogP contribution in [0.4, 0.5) is 5.69 Å². The molecule has 4 aromatic rings. The molecule has 0 spiro atoms. The molecule has 0 aliphatic carbocycles. The molecule has 2 N–H and O–H groups in total. The molecule has 1 atom stereocenters. The van der Waals surface area contributed by atoms with Crippen LogP contribution in [0.3, 0.4) is 0 Å². The number of anilines is 1. The van der Waals surface area contributed by atoms with Crippen molar-refractivity contribution in [1.29, 1.82) is 0 Å². The molecule has 1 saturated heterocycles. The average Bonchev–Trinajstić information content (AvgIpc) is 3.03. The molecule has 1 aliphatic heterocycles. The molecule has 232 valence electrons. The third-order valence-electron chi connectivity index (χ3n) is 6.19. The van der Waals surface area contributed by atoms with Crippen molar-refractivity contribution in [3.8, 4) is 0 Å². The number of carbonyl (C=O) groups is 3. The molecule has 7 nitrogen and oxygen atoms in total. The standard InChI is InChI=1S/C14H19NO2.3C6H5.2C2H4O2.Bi/c1-2-17-14(16)13-10-6-7-11-15(13)12-8-4-3-5-9-12;3*1-2-4-6-5-3-1;2*1-2(3)4;/h3-5,8-9,13H,2,6-7,10-11H2,1H3;3*1-5H;2*1H3,(H,3,4);. The third-order valence-corrected chi connectivity index (χ3v) is 15.7. The Bertz CT molecular complexity index is 1260. The van der Waals surface area contributed by atoms with Crippen molar-refractivity contribution in [3.63, 3.8) is 0 Å². The fourth-order valence-corrected chi connectivity index (χ4v) is 13.5. The van der Waals surface area contributed by atoms with Gasteiger partial charge in [-0.05, 0) is 38.3 Å². The topological polar surface area (TPSA) is 104 Å². The number of nitrogens with zero attached hydrogens (tertiary/aromatic N) is 1. The number of aliphatic carboxylic acids is 2. The van der Waals surface area contributed by atoms with Crippen LogP contribution in [0.5, 0.6) is 0 Å². The predicted molar refractivity (Wildman–Crippen MR) is 179 cm³/mol. The van der Waals surface area contributed by atoms with Crippen molar-refractivity contribution in [2.45, 2.75) is 46.1 Å². The van der Waals surface area contributed by atoms with Gasteiger partial charge in [0.05, 0.1) is 6.61 Å². The Labute approximate surface area is 268 Å².